The van der Waals surface area contributed by atoms with Gasteiger partial charge in [-0.15, -0.1) is 0 Å². The fraction of sp³-hybridized carbons (Fsp3) is 0.944. The van der Waals surface area contributed by atoms with Crippen molar-refractivity contribution >= 4 is 28.1 Å². The first kappa shape index (κ1) is 51.1. The van der Waals surface area contributed by atoms with Crippen LogP contribution in [0.1, 0.15) is 105 Å². The molecule has 0 N–H and O–H groups in total. The van der Waals surface area contributed by atoms with Gasteiger partial charge in [-0.2, -0.15) is 0 Å². The van der Waals surface area contributed by atoms with Crippen LogP contribution in [-0.4, -0.2) is 105 Å². The van der Waals surface area contributed by atoms with Crippen molar-refractivity contribution in [1.29, 1.82) is 0 Å². The maximum atomic E-state index is 12.3. The number of halogens is 2. The van der Waals surface area contributed by atoms with Gasteiger partial charge < -0.3 is 66.4 Å². The van der Waals surface area contributed by atoms with Crippen LogP contribution in [0.15, 0.2) is 0 Å². The second-order valence-electron chi connectivity index (χ2n) is 15.9. The summed E-state index contributed by atoms with van der Waals surface area (Å²) in [5, 5.41) is 0. The minimum atomic E-state index is -1.14. The Bertz CT molecular complexity index is 694. The number of likely N-dealkylation sites (N-methyl/N-ethyl adjacent to an activating group) is 2. The maximum absolute atomic E-state index is 12.3. The second kappa shape index (κ2) is 28.5. The SMILES string of the molecule is CCCC[Si](C)(CCCC)CCC[N+](C)(C)CCOC(=O)CCC(=O)OCC[N+](C)(C)CCC[Si](C)(CCCC)CCCC.[I-].[I-]. The molecule has 0 heterocycles. The molecule has 0 fully saturated rings. The zero-order valence-electron chi connectivity index (χ0n) is 32.3. The van der Waals surface area contributed by atoms with Crippen molar-refractivity contribution < 1.29 is 76.0 Å². The van der Waals surface area contributed by atoms with Crippen molar-refractivity contribution in [1.82, 2.24) is 0 Å². The highest BCUT2D eigenvalue weighted by Gasteiger charge is 2.28. The maximum Gasteiger partial charge on any atom is 0.306 e. The summed E-state index contributed by atoms with van der Waals surface area (Å²) in [7, 11) is 6.67. The molecule has 10 heteroatoms. The quantitative estimate of drug-likeness (QED) is 0.0502. The molecular weight excluding hydrogens is 834 g/mol. The molecule has 0 spiro atoms. The van der Waals surface area contributed by atoms with Crippen LogP contribution in [0, 0.1) is 0 Å². The zero-order chi connectivity index (χ0) is 33.5. The Balaban J connectivity index is -0.00000924. The van der Waals surface area contributed by atoms with E-state index in [-0.39, 0.29) is 72.7 Å². The number of carbonyl (C=O) groups is 2. The molecule has 0 atom stereocenters. The van der Waals surface area contributed by atoms with Gasteiger partial charge in [-0.1, -0.05) is 128 Å². The van der Waals surface area contributed by atoms with Crippen molar-refractivity contribution in [2.45, 2.75) is 154 Å². The third-order valence-corrected chi connectivity index (χ3v) is 19.4. The predicted octanol–water partition coefficient (Wildman–Crippen LogP) is 3.15. The molecule has 0 aliphatic rings. The molecule has 0 aromatic rings. The van der Waals surface area contributed by atoms with Gasteiger partial charge in [0.1, 0.15) is 26.3 Å². The van der Waals surface area contributed by atoms with E-state index in [0.717, 1.165) is 35.1 Å². The predicted molar refractivity (Wildman–Crippen MR) is 196 cm³/mol. The Morgan fingerprint density at radius 1 is 0.478 bits per heavy atom. The highest BCUT2D eigenvalue weighted by atomic mass is 127. The van der Waals surface area contributed by atoms with Gasteiger partial charge in [-0.25, -0.2) is 0 Å². The monoisotopic (exact) mass is 912 g/mol. The van der Waals surface area contributed by atoms with Gasteiger partial charge in [-0.05, 0) is 12.8 Å². The topological polar surface area (TPSA) is 52.6 Å². The van der Waals surface area contributed by atoms with Crippen molar-refractivity contribution in [3.63, 3.8) is 0 Å². The lowest BCUT2D eigenvalue weighted by atomic mass is 10.3. The van der Waals surface area contributed by atoms with Crippen LogP contribution in [0.2, 0.25) is 49.4 Å². The molecule has 0 radical (unpaired) electrons. The summed E-state index contributed by atoms with van der Waals surface area (Å²) in [6.07, 6.45) is 13.4. The molecule has 46 heavy (non-hydrogen) atoms. The molecule has 0 saturated heterocycles. The summed E-state index contributed by atoms with van der Waals surface area (Å²) in [5.74, 6) is -0.592. The summed E-state index contributed by atoms with van der Waals surface area (Å²) in [5.41, 5.74) is 0. The average Bonchev–Trinajstić information content (AvgIpc) is 2.95. The number of quaternary nitrogens is 2. The summed E-state index contributed by atoms with van der Waals surface area (Å²) in [6.45, 7) is 19.1. The number of hydrogen-bond acceptors (Lipinski definition) is 4. The van der Waals surface area contributed by atoms with Gasteiger partial charge >= 0.3 is 11.9 Å². The molecule has 6 nitrogen and oxygen atoms in total. The Kier molecular flexibility index (Phi) is 31.6. The third kappa shape index (κ3) is 27.6. The molecule has 0 bridgehead atoms. The highest BCUT2D eigenvalue weighted by Crippen LogP contribution is 2.29. The number of carbonyl (C=O) groups excluding carboxylic acids is 2. The lowest BCUT2D eigenvalue weighted by Crippen LogP contribution is -3.00. The van der Waals surface area contributed by atoms with Crippen LogP contribution in [0.4, 0.5) is 0 Å². The van der Waals surface area contributed by atoms with Crippen molar-refractivity contribution in [3.05, 3.63) is 0 Å². The first-order chi connectivity index (χ1) is 20.7. The fourth-order valence-electron chi connectivity index (χ4n) is 6.42. The van der Waals surface area contributed by atoms with Gasteiger partial charge in [0.15, 0.2) is 0 Å². The van der Waals surface area contributed by atoms with E-state index in [2.05, 4.69) is 69.0 Å². The normalized spacial score (nSPS) is 12.3. The fourth-order valence-corrected chi connectivity index (χ4v) is 14.8. The lowest BCUT2D eigenvalue weighted by Gasteiger charge is -2.32. The molecule has 0 aromatic heterocycles. The summed E-state index contributed by atoms with van der Waals surface area (Å²) in [6, 6.07) is 8.68. The molecular formula is C36H78I2N2O4Si2. The number of nitrogens with zero attached hydrogens (tertiary/aromatic N) is 2. The van der Waals surface area contributed by atoms with E-state index in [4.69, 9.17) is 9.47 Å². The van der Waals surface area contributed by atoms with E-state index < -0.39 is 16.1 Å². The summed E-state index contributed by atoms with van der Waals surface area (Å²) in [4.78, 5) is 24.6. The molecule has 0 amide bonds. The average molecular weight is 913 g/mol. The van der Waals surface area contributed by atoms with Crippen molar-refractivity contribution in [2.24, 2.45) is 0 Å². The van der Waals surface area contributed by atoms with Crippen LogP contribution in [0.25, 0.3) is 0 Å². The number of esters is 2. The summed E-state index contributed by atoms with van der Waals surface area (Å²) < 4.78 is 12.8. The van der Waals surface area contributed by atoms with Gasteiger partial charge in [0.25, 0.3) is 0 Å². The number of ether oxygens (including phenoxy) is 2. The number of unbranched alkanes of at least 4 members (excludes halogenated alkanes) is 4. The minimum absolute atomic E-state index is 0. The summed E-state index contributed by atoms with van der Waals surface area (Å²) >= 11 is 0. The van der Waals surface area contributed by atoms with E-state index in [1.165, 1.54) is 100 Å². The molecule has 0 aliphatic carbocycles. The van der Waals surface area contributed by atoms with Gasteiger partial charge in [0.05, 0.1) is 70.3 Å². The van der Waals surface area contributed by atoms with Gasteiger partial charge in [0.2, 0.25) is 0 Å². The third-order valence-electron chi connectivity index (χ3n) is 10.1. The Morgan fingerprint density at radius 2 is 0.739 bits per heavy atom. The Labute approximate surface area is 323 Å². The van der Waals surface area contributed by atoms with Gasteiger partial charge in [0, 0.05) is 0 Å². The zero-order valence-corrected chi connectivity index (χ0v) is 38.6. The van der Waals surface area contributed by atoms with E-state index in [9.17, 15) is 9.59 Å². The van der Waals surface area contributed by atoms with Crippen LogP contribution in [0.5, 0.6) is 0 Å². The van der Waals surface area contributed by atoms with E-state index in [0.29, 0.717) is 13.2 Å². The van der Waals surface area contributed by atoms with E-state index in [1.54, 1.807) is 0 Å². The van der Waals surface area contributed by atoms with Crippen LogP contribution in [-0.2, 0) is 19.1 Å². The smallest absolute Gasteiger partial charge is 0.306 e. The Hall–Kier alpha value is 0.754. The van der Waals surface area contributed by atoms with Crippen LogP contribution >= 0.6 is 0 Å². The molecule has 278 valence electrons. The van der Waals surface area contributed by atoms with Crippen molar-refractivity contribution in [3.8, 4) is 0 Å². The molecule has 0 unspecified atom stereocenters. The van der Waals surface area contributed by atoms with Gasteiger partial charge in [-0.3, -0.25) is 9.59 Å². The molecule has 0 aliphatic heterocycles. The van der Waals surface area contributed by atoms with E-state index in [1.807, 2.05) is 0 Å². The second-order valence-corrected chi connectivity index (χ2v) is 26.2. The first-order valence-corrected chi connectivity index (χ1v) is 24.8. The van der Waals surface area contributed by atoms with Crippen molar-refractivity contribution in [2.75, 3.05) is 67.6 Å². The van der Waals surface area contributed by atoms with E-state index >= 15 is 0 Å². The molecule has 0 aromatic carbocycles. The first-order valence-electron chi connectivity index (χ1n) is 18.6. The largest absolute Gasteiger partial charge is 1.00 e. The minimum Gasteiger partial charge on any atom is -1.00 e. The lowest BCUT2D eigenvalue weighted by molar-refractivity contribution is -0.890. The number of rotatable bonds is 29. The number of hydrogen-bond donors (Lipinski definition) is 0. The standard InChI is InChI=1S/C36H78N2O4Si2.2HI/c1-11-15-29-43(9,30-16-12-2)33-19-23-37(5,6)25-27-41-35(39)21-22-36(40)42-28-26-38(7,8)24-20-34-44(10,31-17-13-3)32-18-14-4;;/h11-34H2,1-10H3;2*1H/q+2;;/p-2. The molecule has 0 rings (SSSR count). The Morgan fingerprint density at radius 3 is 1.00 bits per heavy atom. The highest BCUT2D eigenvalue weighted by molar-refractivity contribution is 6.79. The van der Waals surface area contributed by atoms with Crippen LogP contribution in [0.3, 0.4) is 0 Å². The molecule has 0 saturated carbocycles. The van der Waals surface area contributed by atoms with Crippen LogP contribution < -0.4 is 48.0 Å².